The molecular formula is C21H24N4O3. The number of benzene rings is 1. The van der Waals surface area contributed by atoms with E-state index in [0.717, 1.165) is 37.0 Å². The van der Waals surface area contributed by atoms with Gasteiger partial charge in [0.05, 0.1) is 23.3 Å². The Bertz CT molecular complexity index is 967. The summed E-state index contributed by atoms with van der Waals surface area (Å²) in [5.74, 6) is 1.40. The molecule has 1 aromatic carbocycles. The Morgan fingerprint density at radius 3 is 2.86 bits per heavy atom. The van der Waals surface area contributed by atoms with E-state index in [4.69, 9.17) is 9.47 Å². The molecule has 1 N–H and O–H groups in total. The van der Waals surface area contributed by atoms with Gasteiger partial charge in [0.2, 0.25) is 0 Å². The fraction of sp³-hybridized carbons (Fsp3) is 0.381. The fourth-order valence-electron chi connectivity index (χ4n) is 3.72. The average molecular weight is 380 g/mol. The molecule has 0 radical (unpaired) electrons. The van der Waals surface area contributed by atoms with Crippen molar-refractivity contribution in [2.45, 2.75) is 25.7 Å². The largest absolute Gasteiger partial charge is 0.462 e. The maximum Gasteiger partial charge on any atom is 0.338 e. The van der Waals surface area contributed by atoms with E-state index < -0.39 is 0 Å². The van der Waals surface area contributed by atoms with Crippen LogP contribution in [-0.2, 0) is 4.74 Å². The number of likely N-dealkylation sites (tertiary alicyclic amines) is 1. The highest BCUT2D eigenvalue weighted by molar-refractivity contribution is 5.89. The van der Waals surface area contributed by atoms with Crippen molar-refractivity contribution in [3.8, 4) is 11.5 Å². The lowest BCUT2D eigenvalue weighted by atomic mass is 9.93. The van der Waals surface area contributed by atoms with Crippen molar-refractivity contribution in [2.75, 3.05) is 26.7 Å². The smallest absolute Gasteiger partial charge is 0.338 e. The monoisotopic (exact) mass is 380 g/mol. The van der Waals surface area contributed by atoms with Crippen LogP contribution in [0.25, 0.3) is 11.0 Å². The second-order valence-corrected chi connectivity index (χ2v) is 7.09. The zero-order valence-corrected chi connectivity index (χ0v) is 16.1. The van der Waals surface area contributed by atoms with E-state index >= 15 is 0 Å². The quantitative estimate of drug-likeness (QED) is 0.679. The molecule has 4 rings (SSSR count). The van der Waals surface area contributed by atoms with Crippen LogP contribution in [0.5, 0.6) is 11.5 Å². The third-order valence-corrected chi connectivity index (χ3v) is 5.07. The summed E-state index contributed by atoms with van der Waals surface area (Å²) in [7, 11) is 2.14. The number of nitrogens with one attached hydrogen (secondary N) is 1. The average Bonchev–Trinajstić information content (AvgIpc) is 3.14. The predicted molar refractivity (Wildman–Crippen MR) is 106 cm³/mol. The predicted octanol–water partition coefficient (Wildman–Crippen LogP) is 3.74. The molecule has 0 aliphatic carbocycles. The number of likely N-dealkylation sites (N-methyl/N-ethyl adjacent to an activating group) is 1. The van der Waals surface area contributed by atoms with Crippen molar-refractivity contribution in [1.82, 2.24) is 20.1 Å². The first kappa shape index (κ1) is 18.4. The molecule has 3 aromatic rings. The van der Waals surface area contributed by atoms with Gasteiger partial charge in [-0.15, -0.1) is 0 Å². The summed E-state index contributed by atoms with van der Waals surface area (Å²) >= 11 is 0. The molecule has 7 heteroatoms. The van der Waals surface area contributed by atoms with Gasteiger partial charge in [0.15, 0.2) is 5.65 Å². The second kappa shape index (κ2) is 7.98. The zero-order valence-electron chi connectivity index (χ0n) is 16.1. The number of carbonyl (C=O) groups is 1. The number of aromatic nitrogens is 3. The van der Waals surface area contributed by atoms with Gasteiger partial charge in [-0.3, -0.25) is 5.10 Å². The van der Waals surface area contributed by atoms with Crippen LogP contribution in [0.3, 0.4) is 0 Å². The number of esters is 1. The van der Waals surface area contributed by atoms with Crippen molar-refractivity contribution in [3.05, 3.63) is 47.8 Å². The van der Waals surface area contributed by atoms with E-state index in [2.05, 4.69) is 27.1 Å². The molecule has 0 bridgehead atoms. The minimum absolute atomic E-state index is 0.334. The molecule has 1 atom stereocenters. The number of aromatic amines is 1. The van der Waals surface area contributed by atoms with Crippen molar-refractivity contribution >= 4 is 17.0 Å². The molecule has 2 aromatic heterocycles. The van der Waals surface area contributed by atoms with E-state index in [-0.39, 0.29) is 5.97 Å². The van der Waals surface area contributed by atoms with Gasteiger partial charge in [0.1, 0.15) is 11.5 Å². The zero-order chi connectivity index (χ0) is 19.5. The summed E-state index contributed by atoms with van der Waals surface area (Å²) in [6.45, 7) is 4.25. The van der Waals surface area contributed by atoms with Crippen LogP contribution in [0.1, 0.15) is 41.7 Å². The number of hydrogen-bond acceptors (Lipinski definition) is 6. The number of fused-ring (bicyclic) bond motifs is 1. The van der Waals surface area contributed by atoms with Gasteiger partial charge < -0.3 is 14.4 Å². The summed E-state index contributed by atoms with van der Waals surface area (Å²) in [4.78, 5) is 18.5. The van der Waals surface area contributed by atoms with Gasteiger partial charge in [-0.05, 0) is 63.7 Å². The van der Waals surface area contributed by atoms with Crippen LogP contribution in [0.15, 0.2) is 36.5 Å². The molecule has 0 spiro atoms. The maximum absolute atomic E-state index is 11.8. The second-order valence-electron chi connectivity index (χ2n) is 7.09. The molecule has 1 fully saturated rings. The molecule has 1 unspecified atom stereocenters. The molecule has 1 aliphatic rings. The lowest BCUT2D eigenvalue weighted by molar-refractivity contribution is 0.0526. The normalized spacial score (nSPS) is 17.6. The number of ether oxygens (including phenoxy) is 2. The summed E-state index contributed by atoms with van der Waals surface area (Å²) < 4.78 is 11.2. The first-order chi connectivity index (χ1) is 13.7. The highest BCUT2D eigenvalue weighted by atomic mass is 16.5. The SMILES string of the molecule is CCOC(=O)c1ccc(Oc2ccnc3n[nH]c(C4CCCN(C)C4)c23)cc1. The van der Waals surface area contributed by atoms with E-state index in [1.165, 1.54) is 0 Å². The Hall–Kier alpha value is -2.93. The number of H-pyrrole nitrogens is 1. The molecule has 1 saturated heterocycles. The molecule has 3 heterocycles. The Morgan fingerprint density at radius 1 is 1.29 bits per heavy atom. The number of nitrogens with zero attached hydrogens (tertiary/aromatic N) is 3. The molecule has 7 nitrogen and oxygen atoms in total. The number of pyridine rings is 1. The highest BCUT2D eigenvalue weighted by Gasteiger charge is 2.25. The van der Waals surface area contributed by atoms with Crippen LogP contribution in [0, 0.1) is 0 Å². The number of piperidine rings is 1. The summed E-state index contributed by atoms with van der Waals surface area (Å²) in [6.07, 6.45) is 3.97. The third-order valence-electron chi connectivity index (χ3n) is 5.07. The van der Waals surface area contributed by atoms with Crippen molar-refractivity contribution < 1.29 is 14.3 Å². The standard InChI is InChI=1S/C21H24N4O3/c1-3-27-21(26)14-6-8-16(9-7-14)28-17-10-11-22-20-18(17)19(23-24-20)15-5-4-12-25(2)13-15/h6-11,15H,3-5,12-13H2,1-2H3,(H,22,23,24). The van der Waals surface area contributed by atoms with Crippen molar-refractivity contribution in [3.63, 3.8) is 0 Å². The van der Waals surface area contributed by atoms with Crippen LogP contribution in [0.2, 0.25) is 0 Å². The first-order valence-corrected chi connectivity index (χ1v) is 9.62. The Balaban J connectivity index is 1.62. The Morgan fingerprint density at radius 2 is 2.11 bits per heavy atom. The Kier molecular flexibility index (Phi) is 5.25. The minimum Gasteiger partial charge on any atom is -0.462 e. The topological polar surface area (TPSA) is 80.3 Å². The molecule has 28 heavy (non-hydrogen) atoms. The third kappa shape index (κ3) is 3.71. The lowest BCUT2D eigenvalue weighted by Gasteiger charge is -2.29. The highest BCUT2D eigenvalue weighted by Crippen LogP contribution is 2.36. The van der Waals surface area contributed by atoms with Gasteiger partial charge in [-0.25, -0.2) is 9.78 Å². The van der Waals surface area contributed by atoms with E-state index in [1.807, 2.05) is 6.07 Å². The fourth-order valence-corrected chi connectivity index (χ4v) is 3.72. The van der Waals surface area contributed by atoms with Gasteiger partial charge in [-0.1, -0.05) is 0 Å². The Labute approximate surface area is 163 Å². The van der Waals surface area contributed by atoms with Gasteiger partial charge in [-0.2, -0.15) is 5.10 Å². The maximum atomic E-state index is 11.8. The first-order valence-electron chi connectivity index (χ1n) is 9.62. The lowest BCUT2D eigenvalue weighted by Crippen LogP contribution is -2.31. The summed E-state index contributed by atoms with van der Waals surface area (Å²) in [5, 5.41) is 8.50. The molecule has 146 valence electrons. The van der Waals surface area contributed by atoms with E-state index in [0.29, 0.717) is 35.2 Å². The van der Waals surface area contributed by atoms with Gasteiger partial charge >= 0.3 is 5.97 Å². The van der Waals surface area contributed by atoms with E-state index in [9.17, 15) is 4.79 Å². The molecule has 1 aliphatic heterocycles. The van der Waals surface area contributed by atoms with Crippen LogP contribution >= 0.6 is 0 Å². The summed E-state index contributed by atoms with van der Waals surface area (Å²) in [5.41, 5.74) is 2.24. The molecular weight excluding hydrogens is 356 g/mol. The van der Waals surface area contributed by atoms with Crippen LogP contribution in [-0.4, -0.2) is 52.8 Å². The molecule has 0 amide bonds. The van der Waals surface area contributed by atoms with E-state index in [1.54, 1.807) is 37.4 Å². The molecule has 0 saturated carbocycles. The summed E-state index contributed by atoms with van der Waals surface area (Å²) in [6, 6.07) is 8.81. The van der Waals surface area contributed by atoms with Gasteiger partial charge in [0, 0.05) is 18.7 Å². The number of hydrogen-bond donors (Lipinski definition) is 1. The van der Waals surface area contributed by atoms with Crippen LogP contribution < -0.4 is 4.74 Å². The van der Waals surface area contributed by atoms with Crippen molar-refractivity contribution in [1.29, 1.82) is 0 Å². The number of carbonyl (C=O) groups excluding carboxylic acids is 1. The van der Waals surface area contributed by atoms with Crippen LogP contribution in [0.4, 0.5) is 0 Å². The van der Waals surface area contributed by atoms with Crippen molar-refractivity contribution in [2.24, 2.45) is 0 Å². The minimum atomic E-state index is -0.334. The van der Waals surface area contributed by atoms with Gasteiger partial charge in [0.25, 0.3) is 0 Å². The number of rotatable bonds is 5.